The van der Waals surface area contributed by atoms with Gasteiger partial charge < -0.3 is 28.6 Å². The monoisotopic (exact) mass is 581 g/mol. The van der Waals surface area contributed by atoms with Gasteiger partial charge in [0.2, 0.25) is 0 Å². The number of carbonyl (C=O) groups excluding carboxylic acids is 4. The van der Waals surface area contributed by atoms with Crippen molar-refractivity contribution in [2.24, 2.45) is 35.0 Å². The van der Waals surface area contributed by atoms with Crippen molar-refractivity contribution in [3.63, 3.8) is 0 Å². The van der Waals surface area contributed by atoms with Crippen molar-refractivity contribution in [3.05, 3.63) is 0 Å². The Hall–Kier alpha value is -2.04. The Morgan fingerprint density at radius 3 is 2.05 bits per heavy atom. The smallest absolute Gasteiger partial charge is 0.458 e. The minimum atomic E-state index is -1.39. The third-order valence-corrected chi connectivity index (χ3v) is 9.79. The van der Waals surface area contributed by atoms with E-state index in [1.165, 1.54) is 6.92 Å². The van der Waals surface area contributed by atoms with Crippen LogP contribution in [-0.2, 0) is 38.1 Å². The number of rotatable bonds is 3. The topological polar surface area (TPSA) is 118 Å². The Kier molecular flexibility index (Phi) is 10.0. The summed E-state index contributed by atoms with van der Waals surface area (Å²) in [5.74, 6) is -4.12. The maximum absolute atomic E-state index is 13.8. The van der Waals surface area contributed by atoms with Gasteiger partial charge in [0.25, 0.3) is 0 Å². The lowest BCUT2D eigenvalue weighted by molar-refractivity contribution is -0.268. The molecule has 0 aromatic carbocycles. The highest BCUT2D eigenvalue weighted by atomic mass is 16.8. The fraction of sp³-hybridized carbons (Fsp3) is 0.871. The molecule has 3 fully saturated rings. The van der Waals surface area contributed by atoms with Crippen LogP contribution in [0.3, 0.4) is 0 Å². The number of cyclic esters (lactones) is 1. The van der Waals surface area contributed by atoms with E-state index in [2.05, 4.69) is 11.8 Å². The van der Waals surface area contributed by atoms with Gasteiger partial charge in [-0.3, -0.25) is 14.4 Å². The number of Topliss-reactive ketones (excluding diaryl/α,β-unsaturated/α-hetero) is 2. The SMILES string of the molecule is CC1CC(N(C)C)C(C)C(O[C@@H]2[C@@H](C)C(=O)[C@@H](C)C(=O)O[C@H](C)[C@@]3(C)OC(=O)O[C@@H]3[C@@H](C)C(=O)[C@H](C)CC2(C)C)O1. The van der Waals surface area contributed by atoms with E-state index in [0.29, 0.717) is 6.42 Å². The molecule has 3 rings (SSSR count). The first-order chi connectivity index (χ1) is 18.8. The van der Waals surface area contributed by atoms with Gasteiger partial charge in [-0.25, -0.2) is 4.79 Å². The molecule has 3 heterocycles. The molecule has 0 N–H and O–H groups in total. The molecule has 12 atom stereocenters. The quantitative estimate of drug-likeness (QED) is 0.350. The van der Waals surface area contributed by atoms with Crippen LogP contribution in [0, 0.1) is 35.0 Å². The zero-order chi connectivity index (χ0) is 31.2. The van der Waals surface area contributed by atoms with Crippen LogP contribution in [0.1, 0.15) is 82.1 Å². The summed E-state index contributed by atoms with van der Waals surface area (Å²) < 4.78 is 29.7. The van der Waals surface area contributed by atoms with Crippen molar-refractivity contribution in [1.29, 1.82) is 0 Å². The van der Waals surface area contributed by atoms with Crippen molar-refractivity contribution in [2.75, 3.05) is 14.1 Å². The summed E-state index contributed by atoms with van der Waals surface area (Å²) in [7, 11) is 4.07. The van der Waals surface area contributed by atoms with E-state index in [1.807, 2.05) is 41.8 Å². The number of esters is 1. The van der Waals surface area contributed by atoms with Crippen molar-refractivity contribution in [3.8, 4) is 0 Å². The van der Waals surface area contributed by atoms with Crippen LogP contribution in [0.15, 0.2) is 0 Å². The summed E-state index contributed by atoms with van der Waals surface area (Å²) in [6.45, 7) is 18.1. The van der Waals surface area contributed by atoms with Gasteiger partial charge in [-0.1, -0.05) is 41.5 Å². The van der Waals surface area contributed by atoms with Gasteiger partial charge in [0.05, 0.1) is 18.1 Å². The average molecular weight is 582 g/mol. The van der Waals surface area contributed by atoms with Crippen LogP contribution in [0.25, 0.3) is 0 Å². The van der Waals surface area contributed by atoms with Gasteiger partial charge in [-0.15, -0.1) is 0 Å². The molecule has 3 aliphatic heterocycles. The van der Waals surface area contributed by atoms with Crippen LogP contribution in [-0.4, -0.2) is 85.0 Å². The van der Waals surface area contributed by atoms with Crippen molar-refractivity contribution in [1.82, 2.24) is 4.90 Å². The number of hydrogen-bond donors (Lipinski definition) is 0. The van der Waals surface area contributed by atoms with Gasteiger partial charge >= 0.3 is 12.1 Å². The molecule has 3 aliphatic rings. The fourth-order valence-electron chi connectivity index (χ4n) is 7.16. The molecular formula is C31H51NO9. The number of nitrogens with zero attached hydrogens (tertiary/aromatic N) is 1. The lowest BCUT2D eigenvalue weighted by Crippen LogP contribution is -2.55. The number of ether oxygens (including phenoxy) is 5. The number of fused-ring (bicyclic) bond motifs is 1. The number of hydrogen-bond acceptors (Lipinski definition) is 10. The predicted octanol–water partition coefficient (Wildman–Crippen LogP) is 4.41. The second-order valence-corrected chi connectivity index (χ2v) is 13.8. The van der Waals surface area contributed by atoms with Gasteiger partial charge in [0.1, 0.15) is 17.8 Å². The highest BCUT2D eigenvalue weighted by molar-refractivity contribution is 6.00. The van der Waals surface area contributed by atoms with Gasteiger partial charge in [0, 0.05) is 23.8 Å². The molecule has 4 unspecified atom stereocenters. The Labute approximate surface area is 245 Å². The molecule has 10 heteroatoms. The molecule has 0 saturated carbocycles. The fourth-order valence-corrected chi connectivity index (χ4v) is 7.16. The molecule has 0 aromatic rings. The summed E-state index contributed by atoms with van der Waals surface area (Å²) in [5, 5.41) is 0. The molecule has 0 spiro atoms. The van der Waals surface area contributed by atoms with Crippen LogP contribution in [0.2, 0.25) is 0 Å². The molecule has 41 heavy (non-hydrogen) atoms. The molecule has 0 amide bonds. The summed E-state index contributed by atoms with van der Waals surface area (Å²) in [5.41, 5.74) is -2.07. The third-order valence-electron chi connectivity index (χ3n) is 9.79. The summed E-state index contributed by atoms with van der Waals surface area (Å²) >= 11 is 0. The van der Waals surface area contributed by atoms with E-state index in [4.69, 9.17) is 23.7 Å². The Balaban J connectivity index is 2.03. The molecule has 0 aromatic heterocycles. The van der Waals surface area contributed by atoms with E-state index in [9.17, 15) is 19.2 Å². The summed E-state index contributed by atoms with van der Waals surface area (Å²) in [6, 6.07) is 0.221. The van der Waals surface area contributed by atoms with Gasteiger partial charge in [-0.05, 0) is 60.0 Å². The highest BCUT2D eigenvalue weighted by Gasteiger charge is 2.58. The molecule has 0 aliphatic carbocycles. The molecule has 0 radical (unpaired) electrons. The standard InChI is InChI=1S/C31H51NO9/c1-15-14-30(8,9)25(39-28-17(3)22(32(11)12)13-16(2)37-28)19(5)24(34)20(6)27(35)38-21(7)31(10)26(18(4)23(15)33)40-29(36)41-31/h15-22,25-26,28H,13-14H2,1-12H3/t15-,16?,17?,18+,19+,20-,21-,22?,25-,26-,28?,31-/m1/s1. The zero-order valence-electron chi connectivity index (χ0n) is 26.9. The van der Waals surface area contributed by atoms with Gasteiger partial charge in [-0.2, -0.15) is 0 Å². The minimum Gasteiger partial charge on any atom is -0.458 e. The van der Waals surface area contributed by atoms with Crippen molar-refractivity contribution < 1.29 is 42.9 Å². The molecule has 234 valence electrons. The minimum absolute atomic E-state index is 0.0180. The Morgan fingerprint density at radius 2 is 1.46 bits per heavy atom. The van der Waals surface area contributed by atoms with E-state index in [0.717, 1.165) is 6.42 Å². The summed E-state index contributed by atoms with van der Waals surface area (Å²) in [6.07, 6.45) is -2.86. The first-order valence-electron chi connectivity index (χ1n) is 15.0. The van der Waals surface area contributed by atoms with Crippen LogP contribution < -0.4 is 0 Å². The van der Waals surface area contributed by atoms with Crippen LogP contribution >= 0.6 is 0 Å². The molecular weight excluding hydrogens is 530 g/mol. The highest BCUT2D eigenvalue weighted by Crippen LogP contribution is 2.43. The second-order valence-electron chi connectivity index (χ2n) is 13.8. The van der Waals surface area contributed by atoms with E-state index < -0.39 is 71.4 Å². The van der Waals surface area contributed by atoms with Gasteiger partial charge in [0.15, 0.2) is 23.8 Å². The van der Waals surface area contributed by atoms with E-state index >= 15 is 0 Å². The Bertz CT molecular complexity index is 1010. The van der Waals surface area contributed by atoms with Crippen molar-refractivity contribution in [2.45, 2.75) is 124 Å². The molecule has 0 bridgehead atoms. The van der Waals surface area contributed by atoms with Crippen LogP contribution in [0.4, 0.5) is 4.79 Å². The third kappa shape index (κ3) is 6.64. The first-order valence-corrected chi connectivity index (χ1v) is 15.0. The van der Waals surface area contributed by atoms with Crippen molar-refractivity contribution >= 4 is 23.7 Å². The number of ketones is 2. The lowest BCUT2D eigenvalue weighted by Gasteiger charge is -2.47. The number of carbonyl (C=O) groups is 4. The lowest BCUT2D eigenvalue weighted by atomic mass is 9.69. The first kappa shape index (κ1) is 33.5. The van der Waals surface area contributed by atoms with Crippen LogP contribution in [0.5, 0.6) is 0 Å². The average Bonchev–Trinajstić information content (AvgIpc) is 3.20. The maximum atomic E-state index is 13.8. The predicted molar refractivity (Wildman–Crippen MR) is 151 cm³/mol. The van der Waals surface area contributed by atoms with E-state index in [-0.39, 0.29) is 29.6 Å². The molecule has 3 saturated heterocycles. The Morgan fingerprint density at radius 1 is 0.854 bits per heavy atom. The largest absolute Gasteiger partial charge is 0.509 e. The summed E-state index contributed by atoms with van der Waals surface area (Å²) in [4.78, 5) is 55.3. The normalized spacial score (nSPS) is 44.5. The zero-order valence-corrected chi connectivity index (χ0v) is 26.9. The molecule has 10 nitrogen and oxygen atoms in total. The van der Waals surface area contributed by atoms with E-state index in [1.54, 1.807) is 27.7 Å². The maximum Gasteiger partial charge on any atom is 0.509 e. The second kappa shape index (κ2) is 12.3.